The summed E-state index contributed by atoms with van der Waals surface area (Å²) in [5, 5.41) is 2.35. The van der Waals surface area contributed by atoms with Gasteiger partial charge in [0.15, 0.2) is 0 Å². The maximum atomic E-state index is 13.0. The molecule has 0 radical (unpaired) electrons. The van der Waals surface area contributed by atoms with E-state index in [9.17, 15) is 14.4 Å². The fourth-order valence-corrected chi connectivity index (χ4v) is 6.06. The van der Waals surface area contributed by atoms with Crippen molar-refractivity contribution in [1.82, 2.24) is 20.1 Å². The molecular weight excluding hydrogens is 444 g/mol. The van der Waals surface area contributed by atoms with Crippen LogP contribution in [0.3, 0.4) is 0 Å². The van der Waals surface area contributed by atoms with E-state index >= 15 is 0 Å². The standard InChI is InChI=1S/C27H30N4O4/c32-25-8-7-23(26(33)29-25)31-16-18-13-20(5-6-21(18)27(31)34)35-24-4-2-1-3-22(24)30-14-19(15-30)17-9-11-28-12-10-17/h5-6,9-13,19,22-24H,1-4,7-8,14-16H2,(H,29,32,33)/t22-,23?,24+/m0/s1. The smallest absolute Gasteiger partial charge is 0.255 e. The average Bonchev–Trinajstić information content (AvgIpc) is 3.15. The van der Waals surface area contributed by atoms with Crippen LogP contribution in [-0.4, -0.2) is 63.8 Å². The molecule has 1 N–H and O–H groups in total. The number of carbonyl (C=O) groups excluding carboxylic acids is 3. The van der Waals surface area contributed by atoms with Crippen molar-refractivity contribution in [1.29, 1.82) is 0 Å². The number of hydrogen-bond acceptors (Lipinski definition) is 6. The fourth-order valence-electron chi connectivity index (χ4n) is 6.06. The highest BCUT2D eigenvalue weighted by atomic mass is 16.5. The van der Waals surface area contributed by atoms with Gasteiger partial charge in [-0.05, 0) is 67.1 Å². The number of nitrogens with zero attached hydrogens (tertiary/aromatic N) is 3. The lowest BCUT2D eigenvalue weighted by atomic mass is 9.84. The number of hydrogen-bond donors (Lipinski definition) is 1. The van der Waals surface area contributed by atoms with Gasteiger partial charge in [0.1, 0.15) is 17.9 Å². The molecule has 4 heterocycles. The van der Waals surface area contributed by atoms with Crippen molar-refractivity contribution in [2.24, 2.45) is 0 Å². The molecule has 8 heteroatoms. The van der Waals surface area contributed by atoms with E-state index in [-0.39, 0.29) is 30.2 Å². The van der Waals surface area contributed by atoms with Gasteiger partial charge in [-0.25, -0.2) is 0 Å². The molecular formula is C27H30N4O4. The molecule has 1 saturated carbocycles. The minimum absolute atomic E-state index is 0.128. The first-order valence-corrected chi connectivity index (χ1v) is 12.6. The molecule has 1 aliphatic carbocycles. The van der Waals surface area contributed by atoms with Crippen LogP contribution in [0.5, 0.6) is 5.75 Å². The molecule has 182 valence electrons. The van der Waals surface area contributed by atoms with Crippen molar-refractivity contribution in [2.45, 2.75) is 69.2 Å². The second-order valence-corrected chi connectivity index (χ2v) is 10.2. The Labute approximate surface area is 204 Å². The van der Waals surface area contributed by atoms with Gasteiger partial charge in [0, 0.05) is 56.0 Å². The van der Waals surface area contributed by atoms with Crippen molar-refractivity contribution in [3.8, 4) is 5.75 Å². The van der Waals surface area contributed by atoms with Crippen LogP contribution in [0, 0.1) is 0 Å². The Morgan fingerprint density at radius 2 is 1.77 bits per heavy atom. The molecule has 1 aromatic heterocycles. The first-order chi connectivity index (χ1) is 17.1. The van der Waals surface area contributed by atoms with Crippen LogP contribution in [0.25, 0.3) is 0 Å². The summed E-state index contributed by atoms with van der Waals surface area (Å²) in [6.07, 6.45) is 9.04. The van der Waals surface area contributed by atoms with Gasteiger partial charge in [0.25, 0.3) is 5.91 Å². The van der Waals surface area contributed by atoms with Crippen LogP contribution in [0.4, 0.5) is 0 Å². The van der Waals surface area contributed by atoms with E-state index in [1.54, 1.807) is 4.90 Å². The summed E-state index contributed by atoms with van der Waals surface area (Å²) in [6, 6.07) is 9.69. The molecule has 1 unspecified atom stereocenters. The fraction of sp³-hybridized carbons (Fsp3) is 0.481. The number of aromatic nitrogens is 1. The third kappa shape index (κ3) is 4.20. The third-order valence-corrected chi connectivity index (χ3v) is 8.01. The maximum absolute atomic E-state index is 13.0. The molecule has 2 aromatic rings. The first kappa shape index (κ1) is 22.2. The highest BCUT2D eigenvalue weighted by Crippen LogP contribution is 2.36. The Hall–Kier alpha value is -3.26. The molecule has 0 spiro atoms. The summed E-state index contributed by atoms with van der Waals surface area (Å²) in [5.41, 5.74) is 2.85. The summed E-state index contributed by atoms with van der Waals surface area (Å²) in [7, 11) is 0. The van der Waals surface area contributed by atoms with E-state index in [0.29, 0.717) is 30.5 Å². The lowest BCUT2D eigenvalue weighted by Gasteiger charge is -2.48. The number of amides is 3. The number of carbonyl (C=O) groups is 3. The van der Waals surface area contributed by atoms with Gasteiger partial charge < -0.3 is 9.64 Å². The lowest BCUT2D eigenvalue weighted by Crippen LogP contribution is -2.57. The van der Waals surface area contributed by atoms with E-state index < -0.39 is 6.04 Å². The van der Waals surface area contributed by atoms with E-state index in [1.807, 2.05) is 30.6 Å². The normalized spacial score (nSPS) is 27.4. The molecule has 3 aliphatic heterocycles. The highest BCUT2D eigenvalue weighted by molar-refractivity contribution is 6.05. The van der Waals surface area contributed by atoms with Gasteiger partial charge in [-0.3, -0.25) is 29.6 Å². The topological polar surface area (TPSA) is 91.8 Å². The van der Waals surface area contributed by atoms with Crippen molar-refractivity contribution in [3.05, 3.63) is 59.4 Å². The Kier molecular flexibility index (Phi) is 5.76. The van der Waals surface area contributed by atoms with E-state index in [0.717, 1.165) is 43.7 Å². The second-order valence-electron chi connectivity index (χ2n) is 10.2. The maximum Gasteiger partial charge on any atom is 0.255 e. The number of imide groups is 1. The Morgan fingerprint density at radius 1 is 0.971 bits per heavy atom. The van der Waals surface area contributed by atoms with Gasteiger partial charge in [0.2, 0.25) is 11.8 Å². The summed E-state index contributed by atoms with van der Waals surface area (Å²) >= 11 is 0. The molecule has 6 rings (SSSR count). The van der Waals surface area contributed by atoms with Crippen LogP contribution in [0.2, 0.25) is 0 Å². The van der Waals surface area contributed by atoms with Crippen molar-refractivity contribution in [3.63, 3.8) is 0 Å². The van der Waals surface area contributed by atoms with Crippen LogP contribution in [0.15, 0.2) is 42.7 Å². The molecule has 8 nitrogen and oxygen atoms in total. The summed E-state index contributed by atoms with van der Waals surface area (Å²) in [6.45, 7) is 2.47. The minimum atomic E-state index is -0.598. The number of piperidine rings is 1. The first-order valence-electron chi connectivity index (χ1n) is 12.6. The molecule has 4 aliphatic rings. The quantitative estimate of drug-likeness (QED) is 0.670. The zero-order chi connectivity index (χ0) is 23.9. The number of benzene rings is 1. The highest BCUT2D eigenvalue weighted by Gasteiger charge is 2.41. The Balaban J connectivity index is 1.12. The molecule has 35 heavy (non-hydrogen) atoms. The van der Waals surface area contributed by atoms with Crippen molar-refractivity contribution < 1.29 is 19.1 Å². The number of rotatable bonds is 5. The minimum Gasteiger partial charge on any atom is -0.489 e. The second kappa shape index (κ2) is 9.07. The molecule has 3 atom stereocenters. The van der Waals surface area contributed by atoms with Crippen molar-refractivity contribution >= 4 is 17.7 Å². The van der Waals surface area contributed by atoms with Crippen LogP contribution in [0.1, 0.15) is 65.9 Å². The summed E-state index contributed by atoms with van der Waals surface area (Å²) in [5.74, 6) is 0.528. The van der Waals surface area contributed by atoms with Crippen molar-refractivity contribution in [2.75, 3.05) is 13.1 Å². The Bertz CT molecular complexity index is 1150. The van der Waals surface area contributed by atoms with Gasteiger partial charge in [-0.2, -0.15) is 0 Å². The number of likely N-dealkylation sites (tertiary alicyclic amines) is 1. The Morgan fingerprint density at radius 3 is 2.57 bits per heavy atom. The summed E-state index contributed by atoms with van der Waals surface area (Å²) < 4.78 is 6.54. The van der Waals surface area contributed by atoms with Gasteiger partial charge in [-0.15, -0.1) is 0 Å². The number of fused-ring (bicyclic) bond motifs is 1. The van der Waals surface area contributed by atoms with Crippen LogP contribution >= 0.6 is 0 Å². The molecule has 1 aromatic carbocycles. The van der Waals surface area contributed by atoms with Gasteiger partial charge in [0.05, 0.1) is 0 Å². The SMILES string of the molecule is O=C1CCC(N2Cc3cc(O[C@@H]4CCCC[C@@H]4N4CC(c5ccncc5)C4)ccc3C2=O)C(=O)N1. The predicted molar refractivity (Wildman–Crippen MR) is 128 cm³/mol. The number of pyridine rings is 1. The summed E-state index contributed by atoms with van der Waals surface area (Å²) in [4.78, 5) is 45.0. The molecule has 0 bridgehead atoms. The predicted octanol–water partition coefficient (Wildman–Crippen LogP) is 2.63. The number of ether oxygens (including phenoxy) is 1. The number of nitrogens with one attached hydrogen (secondary N) is 1. The molecule has 2 saturated heterocycles. The largest absolute Gasteiger partial charge is 0.489 e. The average molecular weight is 475 g/mol. The van der Waals surface area contributed by atoms with Gasteiger partial charge in [-0.1, -0.05) is 6.42 Å². The molecule has 3 fully saturated rings. The van der Waals surface area contributed by atoms with E-state index in [2.05, 4.69) is 27.3 Å². The molecule has 3 amide bonds. The van der Waals surface area contributed by atoms with Gasteiger partial charge >= 0.3 is 0 Å². The third-order valence-electron chi connectivity index (χ3n) is 8.01. The monoisotopic (exact) mass is 474 g/mol. The van der Waals surface area contributed by atoms with E-state index in [1.165, 1.54) is 12.0 Å². The van der Waals surface area contributed by atoms with E-state index in [4.69, 9.17) is 4.74 Å². The zero-order valence-corrected chi connectivity index (χ0v) is 19.7. The lowest BCUT2D eigenvalue weighted by molar-refractivity contribution is -0.136. The van der Waals surface area contributed by atoms with Crippen LogP contribution < -0.4 is 10.1 Å². The van der Waals surface area contributed by atoms with Crippen LogP contribution in [-0.2, 0) is 16.1 Å². The zero-order valence-electron chi connectivity index (χ0n) is 19.7.